The maximum atomic E-state index is 8.78. The Balaban J connectivity index is 0.000000423. The summed E-state index contributed by atoms with van der Waals surface area (Å²) in [6.07, 6.45) is -1.33. The fourth-order valence-electron chi connectivity index (χ4n) is 1.28. The summed E-state index contributed by atoms with van der Waals surface area (Å²) in [5, 5.41) is 9.39. The van der Waals surface area contributed by atoms with Gasteiger partial charge in [-0.25, -0.2) is 4.79 Å². The number of primary amides is 1. The summed E-state index contributed by atoms with van der Waals surface area (Å²) in [4.78, 5) is 10.3. The SMILES string of the molecule is CC(C)c1ccsc1C(C)C.NC(=O)O. The van der Waals surface area contributed by atoms with Gasteiger partial charge in [0.1, 0.15) is 0 Å². The topological polar surface area (TPSA) is 63.3 Å². The molecule has 1 rings (SSSR count). The van der Waals surface area contributed by atoms with E-state index in [0.717, 1.165) is 0 Å². The Morgan fingerprint density at radius 1 is 1.33 bits per heavy atom. The molecular formula is C11H19NO2S. The third kappa shape index (κ3) is 5.42. The first-order valence-electron chi connectivity index (χ1n) is 4.91. The van der Waals surface area contributed by atoms with E-state index in [2.05, 4.69) is 44.9 Å². The average Bonchev–Trinajstić information content (AvgIpc) is 2.49. The second kappa shape index (κ2) is 6.45. The molecule has 0 fully saturated rings. The molecule has 0 saturated heterocycles. The number of thiophene rings is 1. The summed E-state index contributed by atoms with van der Waals surface area (Å²) in [6.45, 7) is 9.04. The minimum Gasteiger partial charge on any atom is -0.465 e. The molecule has 86 valence electrons. The molecule has 0 atom stereocenters. The third-order valence-corrected chi connectivity index (χ3v) is 3.11. The Morgan fingerprint density at radius 2 is 1.80 bits per heavy atom. The molecule has 15 heavy (non-hydrogen) atoms. The van der Waals surface area contributed by atoms with Gasteiger partial charge in [-0.3, -0.25) is 0 Å². The predicted octanol–water partition coefficient (Wildman–Crippen LogP) is 3.62. The van der Waals surface area contributed by atoms with E-state index >= 15 is 0 Å². The predicted molar refractivity (Wildman–Crippen MR) is 64.7 cm³/mol. The van der Waals surface area contributed by atoms with E-state index in [1.54, 1.807) is 4.88 Å². The van der Waals surface area contributed by atoms with E-state index in [1.165, 1.54) is 5.56 Å². The van der Waals surface area contributed by atoms with Gasteiger partial charge in [-0.15, -0.1) is 11.3 Å². The quantitative estimate of drug-likeness (QED) is 0.813. The molecular weight excluding hydrogens is 210 g/mol. The lowest BCUT2D eigenvalue weighted by atomic mass is 9.99. The monoisotopic (exact) mass is 229 g/mol. The van der Waals surface area contributed by atoms with E-state index in [-0.39, 0.29) is 0 Å². The molecule has 1 amide bonds. The van der Waals surface area contributed by atoms with Crippen molar-refractivity contribution >= 4 is 17.4 Å². The van der Waals surface area contributed by atoms with Crippen LogP contribution in [0.5, 0.6) is 0 Å². The van der Waals surface area contributed by atoms with E-state index in [4.69, 9.17) is 9.90 Å². The van der Waals surface area contributed by atoms with Crippen molar-refractivity contribution in [1.29, 1.82) is 0 Å². The van der Waals surface area contributed by atoms with Crippen LogP contribution in [0, 0.1) is 0 Å². The molecule has 0 radical (unpaired) electrons. The molecule has 0 aliphatic rings. The second-order valence-electron chi connectivity index (χ2n) is 3.89. The standard InChI is InChI=1S/C10H16S.CH3NO2/c1-7(2)9-5-6-11-10(9)8(3)4;2-1(3)4/h5-8H,1-4H3;2H2,(H,3,4). The van der Waals surface area contributed by atoms with Crippen molar-refractivity contribution in [3.05, 3.63) is 21.9 Å². The molecule has 0 bridgehead atoms. The highest BCUT2D eigenvalue weighted by molar-refractivity contribution is 7.10. The average molecular weight is 229 g/mol. The first-order chi connectivity index (χ1) is 6.86. The van der Waals surface area contributed by atoms with Gasteiger partial charge in [0.05, 0.1) is 0 Å². The van der Waals surface area contributed by atoms with E-state index in [9.17, 15) is 0 Å². The molecule has 0 spiro atoms. The van der Waals surface area contributed by atoms with Crippen molar-refractivity contribution in [3.8, 4) is 0 Å². The summed E-state index contributed by atoms with van der Waals surface area (Å²) >= 11 is 1.89. The van der Waals surface area contributed by atoms with Crippen molar-refractivity contribution in [2.24, 2.45) is 5.73 Å². The Hall–Kier alpha value is -1.03. The lowest BCUT2D eigenvalue weighted by Gasteiger charge is -2.08. The van der Waals surface area contributed by atoms with Crippen LogP contribution in [0.15, 0.2) is 11.4 Å². The molecule has 0 unspecified atom stereocenters. The van der Waals surface area contributed by atoms with Crippen molar-refractivity contribution in [1.82, 2.24) is 0 Å². The molecule has 3 N–H and O–H groups in total. The molecule has 0 aromatic carbocycles. The van der Waals surface area contributed by atoms with Gasteiger partial charge in [-0.2, -0.15) is 0 Å². The molecule has 1 aromatic rings. The number of carboxylic acid groups (broad SMARTS) is 1. The highest BCUT2D eigenvalue weighted by Gasteiger charge is 2.09. The van der Waals surface area contributed by atoms with Gasteiger partial charge in [0.2, 0.25) is 0 Å². The zero-order valence-corrected chi connectivity index (χ0v) is 10.5. The highest BCUT2D eigenvalue weighted by atomic mass is 32.1. The number of rotatable bonds is 2. The van der Waals surface area contributed by atoms with Gasteiger partial charge in [0, 0.05) is 4.88 Å². The first-order valence-corrected chi connectivity index (χ1v) is 5.79. The zero-order valence-electron chi connectivity index (χ0n) is 9.65. The van der Waals surface area contributed by atoms with Crippen LogP contribution in [0.4, 0.5) is 4.79 Å². The van der Waals surface area contributed by atoms with Crippen molar-refractivity contribution < 1.29 is 9.90 Å². The van der Waals surface area contributed by atoms with Crippen LogP contribution in [0.25, 0.3) is 0 Å². The smallest absolute Gasteiger partial charge is 0.402 e. The van der Waals surface area contributed by atoms with Crippen LogP contribution < -0.4 is 5.73 Å². The number of hydrogen-bond donors (Lipinski definition) is 2. The lowest BCUT2D eigenvalue weighted by Crippen LogP contribution is -2.03. The van der Waals surface area contributed by atoms with Gasteiger partial charge in [-0.1, -0.05) is 27.7 Å². The van der Waals surface area contributed by atoms with Crippen molar-refractivity contribution in [3.63, 3.8) is 0 Å². The Morgan fingerprint density at radius 3 is 2.07 bits per heavy atom. The molecule has 0 saturated carbocycles. The third-order valence-electron chi connectivity index (χ3n) is 1.87. The van der Waals surface area contributed by atoms with Crippen LogP contribution >= 0.6 is 11.3 Å². The number of amides is 1. The number of hydrogen-bond acceptors (Lipinski definition) is 2. The first kappa shape index (κ1) is 14.0. The van der Waals surface area contributed by atoms with Crippen LogP contribution in [0.3, 0.4) is 0 Å². The Bertz CT molecular complexity index is 279. The Kier molecular flexibility index (Phi) is 6.01. The summed E-state index contributed by atoms with van der Waals surface area (Å²) in [7, 11) is 0. The maximum Gasteiger partial charge on any atom is 0.402 e. The largest absolute Gasteiger partial charge is 0.465 e. The summed E-state index contributed by atoms with van der Waals surface area (Å²) in [5.74, 6) is 1.37. The van der Waals surface area contributed by atoms with Crippen LogP contribution in [-0.4, -0.2) is 11.2 Å². The minimum atomic E-state index is -1.33. The molecule has 3 nitrogen and oxygen atoms in total. The summed E-state index contributed by atoms with van der Waals surface area (Å²) < 4.78 is 0. The van der Waals surface area contributed by atoms with Crippen LogP contribution in [-0.2, 0) is 0 Å². The highest BCUT2D eigenvalue weighted by Crippen LogP contribution is 2.30. The van der Waals surface area contributed by atoms with E-state index in [0.29, 0.717) is 11.8 Å². The number of carbonyl (C=O) groups is 1. The van der Waals surface area contributed by atoms with Crippen LogP contribution in [0.1, 0.15) is 50.0 Å². The zero-order chi connectivity index (χ0) is 12.0. The van der Waals surface area contributed by atoms with E-state index in [1.807, 2.05) is 11.3 Å². The normalized spacial score (nSPS) is 10.0. The minimum absolute atomic E-state index is 0.679. The molecule has 4 heteroatoms. The van der Waals surface area contributed by atoms with E-state index < -0.39 is 6.09 Å². The fraction of sp³-hybridized carbons (Fsp3) is 0.545. The summed E-state index contributed by atoms with van der Waals surface area (Å²) in [5.41, 5.74) is 5.56. The van der Waals surface area contributed by atoms with Gasteiger partial charge < -0.3 is 10.8 Å². The van der Waals surface area contributed by atoms with Gasteiger partial charge in [0.25, 0.3) is 0 Å². The number of nitrogens with two attached hydrogens (primary N) is 1. The molecule has 1 heterocycles. The lowest BCUT2D eigenvalue weighted by molar-refractivity contribution is 0.205. The van der Waals surface area contributed by atoms with Gasteiger partial charge >= 0.3 is 6.09 Å². The molecule has 0 aliphatic carbocycles. The van der Waals surface area contributed by atoms with Crippen molar-refractivity contribution in [2.75, 3.05) is 0 Å². The fourth-order valence-corrected chi connectivity index (χ4v) is 2.35. The van der Waals surface area contributed by atoms with Crippen molar-refractivity contribution in [2.45, 2.75) is 39.5 Å². The van der Waals surface area contributed by atoms with Gasteiger partial charge in [-0.05, 0) is 28.8 Å². The molecule has 0 aliphatic heterocycles. The maximum absolute atomic E-state index is 8.78. The van der Waals surface area contributed by atoms with Crippen LogP contribution in [0.2, 0.25) is 0 Å². The van der Waals surface area contributed by atoms with Gasteiger partial charge in [0.15, 0.2) is 0 Å². The Labute approximate surface area is 94.9 Å². The second-order valence-corrected chi connectivity index (χ2v) is 4.84. The molecule has 1 aromatic heterocycles. The summed E-state index contributed by atoms with van der Waals surface area (Å²) in [6, 6.07) is 2.25.